The second-order valence-electron chi connectivity index (χ2n) is 5.36. The van der Waals surface area contributed by atoms with Crippen molar-refractivity contribution in [3.8, 4) is 0 Å². The van der Waals surface area contributed by atoms with Gasteiger partial charge in [-0.1, -0.05) is 26.7 Å². The number of nitrogens with one attached hydrogen (secondary N) is 2. The van der Waals surface area contributed by atoms with Crippen molar-refractivity contribution in [1.29, 1.82) is 0 Å². The Morgan fingerprint density at radius 3 is 1.21 bits per heavy atom. The summed E-state index contributed by atoms with van der Waals surface area (Å²) in [6.07, 6.45) is 4.04. The van der Waals surface area contributed by atoms with E-state index in [0.29, 0.717) is 13.2 Å². The highest BCUT2D eigenvalue weighted by molar-refractivity contribution is 5.36. The molecule has 14 heteroatoms. The minimum Gasteiger partial charge on any atom is -0.368 e. The molecular weight excluding hydrogens is 368 g/mol. The Labute approximate surface area is 162 Å². The third-order valence-electron chi connectivity index (χ3n) is 2.87. The van der Waals surface area contributed by atoms with Gasteiger partial charge >= 0.3 is 0 Å². The number of hydrogen-bond donors (Lipinski definition) is 6. The van der Waals surface area contributed by atoms with Crippen LogP contribution in [0.25, 0.3) is 0 Å². The van der Waals surface area contributed by atoms with Crippen molar-refractivity contribution in [3.63, 3.8) is 0 Å². The number of rotatable bonds is 10. The van der Waals surface area contributed by atoms with Gasteiger partial charge in [0.05, 0.1) is 13.2 Å². The topological polar surface area (TPSA) is 224 Å². The van der Waals surface area contributed by atoms with E-state index in [1.807, 2.05) is 0 Å². The summed E-state index contributed by atoms with van der Waals surface area (Å²) in [5.74, 6) is 0.730. The van der Waals surface area contributed by atoms with E-state index >= 15 is 0 Å². The van der Waals surface area contributed by atoms with Gasteiger partial charge in [0.25, 0.3) is 11.9 Å². The second kappa shape index (κ2) is 13.0. The van der Waals surface area contributed by atoms with Crippen molar-refractivity contribution in [3.05, 3.63) is 0 Å². The summed E-state index contributed by atoms with van der Waals surface area (Å²) in [5.41, 5.74) is 26.5. The third-order valence-corrected chi connectivity index (χ3v) is 2.87. The van der Waals surface area contributed by atoms with E-state index in [0.717, 1.165) is 25.7 Å². The first-order valence-electron chi connectivity index (χ1n) is 8.74. The lowest BCUT2D eigenvalue weighted by atomic mass is 10.4. The SMILES string of the molecule is CCCCONc1nc(N)nc(N)n1.CCCCONc1nc(N)nc(N)n1. The average molecular weight is 396 g/mol. The fourth-order valence-electron chi connectivity index (χ4n) is 1.57. The smallest absolute Gasteiger partial charge is 0.253 e. The van der Waals surface area contributed by atoms with Crippen LogP contribution < -0.4 is 33.9 Å². The standard InChI is InChI=1S/2C7H14N6O/c2*1-2-3-4-14-13-7-11-5(8)10-6(9)12-7/h2*2-4H2,1H3,(H5,8,9,10,11,12,13). The molecule has 0 fully saturated rings. The summed E-state index contributed by atoms with van der Waals surface area (Å²) in [4.78, 5) is 32.4. The Hall–Kier alpha value is -3.26. The zero-order chi connectivity index (χ0) is 20.8. The zero-order valence-corrected chi connectivity index (χ0v) is 16.1. The van der Waals surface area contributed by atoms with Crippen LogP contribution in [-0.4, -0.2) is 43.1 Å². The van der Waals surface area contributed by atoms with Gasteiger partial charge in [-0.05, 0) is 12.8 Å². The van der Waals surface area contributed by atoms with E-state index in [2.05, 4.69) is 54.7 Å². The highest BCUT2D eigenvalue weighted by Crippen LogP contribution is 2.04. The second-order valence-corrected chi connectivity index (χ2v) is 5.36. The maximum atomic E-state index is 5.35. The molecule has 0 aliphatic heterocycles. The lowest BCUT2D eigenvalue weighted by molar-refractivity contribution is 0.186. The molecule has 0 aliphatic rings. The van der Waals surface area contributed by atoms with E-state index in [9.17, 15) is 0 Å². The minimum atomic E-state index is 0.0686. The molecule has 156 valence electrons. The van der Waals surface area contributed by atoms with Crippen molar-refractivity contribution in [2.24, 2.45) is 0 Å². The van der Waals surface area contributed by atoms with E-state index in [-0.39, 0.29) is 35.7 Å². The molecule has 0 saturated carbocycles. The monoisotopic (exact) mass is 396 g/mol. The van der Waals surface area contributed by atoms with Gasteiger partial charge in [0.2, 0.25) is 23.8 Å². The van der Waals surface area contributed by atoms with Crippen molar-refractivity contribution in [2.75, 3.05) is 47.1 Å². The summed E-state index contributed by atoms with van der Waals surface area (Å²) in [6.45, 7) is 5.31. The molecule has 10 N–H and O–H groups in total. The summed E-state index contributed by atoms with van der Waals surface area (Å²) in [7, 11) is 0. The van der Waals surface area contributed by atoms with Crippen LogP contribution in [0.3, 0.4) is 0 Å². The highest BCUT2D eigenvalue weighted by Gasteiger charge is 2.01. The first-order valence-corrected chi connectivity index (χ1v) is 8.74. The molecule has 0 aliphatic carbocycles. The molecule has 0 aromatic carbocycles. The largest absolute Gasteiger partial charge is 0.368 e. The molecule has 0 saturated heterocycles. The summed E-state index contributed by atoms with van der Waals surface area (Å²) in [6, 6.07) is 0. The lowest BCUT2D eigenvalue weighted by Crippen LogP contribution is -2.10. The first-order chi connectivity index (χ1) is 13.4. The van der Waals surface area contributed by atoms with Gasteiger partial charge in [-0.3, -0.25) is 9.68 Å². The van der Waals surface area contributed by atoms with Crippen LogP contribution in [0.15, 0.2) is 0 Å². The maximum Gasteiger partial charge on any atom is 0.253 e. The first kappa shape index (κ1) is 22.8. The van der Waals surface area contributed by atoms with Crippen LogP contribution in [0.2, 0.25) is 0 Å². The Morgan fingerprint density at radius 2 is 0.929 bits per heavy atom. The molecule has 14 nitrogen and oxygen atoms in total. The predicted octanol–water partition coefficient (Wildman–Crippen LogP) is 0.359. The van der Waals surface area contributed by atoms with E-state index in [1.165, 1.54) is 0 Å². The molecule has 0 amide bonds. The van der Waals surface area contributed by atoms with Gasteiger partial charge < -0.3 is 22.9 Å². The van der Waals surface area contributed by atoms with Crippen LogP contribution in [0.1, 0.15) is 39.5 Å². The molecule has 0 bridgehead atoms. The number of aromatic nitrogens is 6. The minimum absolute atomic E-state index is 0.0686. The van der Waals surface area contributed by atoms with Crippen LogP contribution in [0.4, 0.5) is 35.7 Å². The van der Waals surface area contributed by atoms with Crippen molar-refractivity contribution >= 4 is 35.7 Å². The van der Waals surface area contributed by atoms with Crippen LogP contribution in [0, 0.1) is 0 Å². The zero-order valence-electron chi connectivity index (χ0n) is 16.1. The average Bonchev–Trinajstić information content (AvgIpc) is 2.61. The Bertz CT molecular complexity index is 602. The fourth-order valence-corrected chi connectivity index (χ4v) is 1.57. The molecule has 0 atom stereocenters. The Kier molecular flexibility index (Phi) is 10.6. The van der Waals surface area contributed by atoms with Crippen LogP contribution in [-0.2, 0) is 9.68 Å². The lowest BCUT2D eigenvalue weighted by Gasteiger charge is -2.04. The fraction of sp³-hybridized carbons (Fsp3) is 0.571. The van der Waals surface area contributed by atoms with E-state index < -0.39 is 0 Å². The molecule has 2 rings (SSSR count). The Balaban J connectivity index is 0.000000280. The number of anilines is 6. The summed E-state index contributed by atoms with van der Waals surface area (Å²) in [5, 5.41) is 0. The highest BCUT2D eigenvalue weighted by atomic mass is 16.6. The summed E-state index contributed by atoms with van der Waals surface area (Å²) < 4.78 is 0. The third kappa shape index (κ3) is 10.0. The molecule has 0 radical (unpaired) electrons. The van der Waals surface area contributed by atoms with Gasteiger partial charge in [0, 0.05) is 0 Å². The molecule has 28 heavy (non-hydrogen) atoms. The normalized spacial score (nSPS) is 10.1. The Morgan fingerprint density at radius 1 is 0.607 bits per heavy atom. The number of unbranched alkanes of at least 4 members (excludes halogenated alkanes) is 2. The number of nitrogens with zero attached hydrogens (tertiary/aromatic N) is 6. The van der Waals surface area contributed by atoms with Gasteiger partial charge in [-0.25, -0.2) is 11.0 Å². The van der Waals surface area contributed by atoms with E-state index in [4.69, 9.17) is 32.6 Å². The number of nitrogens with two attached hydrogens (primary N) is 4. The quantitative estimate of drug-likeness (QED) is 0.235. The van der Waals surface area contributed by atoms with Gasteiger partial charge in [-0.2, -0.15) is 29.9 Å². The van der Waals surface area contributed by atoms with Crippen molar-refractivity contribution in [1.82, 2.24) is 29.9 Å². The molecule has 0 unspecified atom stereocenters. The summed E-state index contributed by atoms with van der Waals surface area (Å²) >= 11 is 0. The predicted molar refractivity (Wildman–Crippen MR) is 106 cm³/mol. The van der Waals surface area contributed by atoms with Crippen LogP contribution >= 0.6 is 0 Å². The molecule has 2 aromatic rings. The molecule has 0 spiro atoms. The molecule has 2 aromatic heterocycles. The van der Waals surface area contributed by atoms with Gasteiger partial charge in [0.1, 0.15) is 0 Å². The van der Waals surface area contributed by atoms with Crippen molar-refractivity contribution in [2.45, 2.75) is 39.5 Å². The molecule has 2 heterocycles. The van der Waals surface area contributed by atoms with Gasteiger partial charge in [0.15, 0.2) is 0 Å². The van der Waals surface area contributed by atoms with Crippen molar-refractivity contribution < 1.29 is 9.68 Å². The van der Waals surface area contributed by atoms with E-state index in [1.54, 1.807) is 0 Å². The van der Waals surface area contributed by atoms with Gasteiger partial charge in [-0.15, -0.1) is 0 Å². The number of nitrogen functional groups attached to an aromatic ring is 4. The van der Waals surface area contributed by atoms with Crippen LogP contribution in [0.5, 0.6) is 0 Å². The maximum absolute atomic E-state index is 5.35. The number of hydrogen-bond acceptors (Lipinski definition) is 14. The molecular formula is C14H28N12O2.